The van der Waals surface area contributed by atoms with E-state index in [0.29, 0.717) is 10.9 Å². The monoisotopic (exact) mass is 297 g/mol. The molecule has 0 aliphatic heterocycles. The Morgan fingerprint density at radius 2 is 1.90 bits per heavy atom. The summed E-state index contributed by atoms with van der Waals surface area (Å²) >= 11 is 0. The molecule has 0 unspecified atom stereocenters. The number of sulfonamides is 1. The molecule has 0 saturated heterocycles. The van der Waals surface area contributed by atoms with Crippen molar-refractivity contribution in [2.24, 2.45) is 0 Å². The van der Waals surface area contributed by atoms with Crippen LogP contribution in [0.15, 0.2) is 29.2 Å². The van der Waals surface area contributed by atoms with Crippen molar-refractivity contribution < 1.29 is 13.7 Å². The van der Waals surface area contributed by atoms with Crippen molar-refractivity contribution in [2.75, 3.05) is 14.1 Å². The summed E-state index contributed by atoms with van der Waals surface area (Å²) in [5.74, 6) is 0. The minimum Gasteiger partial charge on any atom is -0.340 e. The topological polar surface area (TPSA) is 54.0 Å². The molecule has 5 heteroatoms. The molecular formula is C15H25N2O2S+. The zero-order chi connectivity index (χ0) is 14.6. The Morgan fingerprint density at radius 1 is 1.20 bits per heavy atom. The minimum atomic E-state index is -3.32. The average Bonchev–Trinajstić information content (AvgIpc) is 2.46. The largest absolute Gasteiger partial charge is 0.340 e. The Bertz CT molecular complexity index is 535. The fourth-order valence-electron chi connectivity index (χ4n) is 2.72. The van der Waals surface area contributed by atoms with Crippen molar-refractivity contribution >= 4 is 10.0 Å². The number of nitrogens with two attached hydrogens (primary N) is 1. The van der Waals surface area contributed by atoms with Gasteiger partial charge in [-0.25, -0.2) is 12.7 Å². The van der Waals surface area contributed by atoms with E-state index in [1.807, 2.05) is 12.1 Å². The maximum Gasteiger partial charge on any atom is 0.242 e. The van der Waals surface area contributed by atoms with Gasteiger partial charge in [-0.15, -0.1) is 0 Å². The summed E-state index contributed by atoms with van der Waals surface area (Å²) in [7, 11) is -0.192. The highest BCUT2D eigenvalue weighted by Crippen LogP contribution is 2.16. The van der Waals surface area contributed by atoms with E-state index in [1.54, 1.807) is 26.2 Å². The van der Waals surface area contributed by atoms with E-state index in [2.05, 4.69) is 5.32 Å². The van der Waals surface area contributed by atoms with Crippen LogP contribution in [0.25, 0.3) is 0 Å². The lowest BCUT2D eigenvalue weighted by atomic mass is 9.95. The van der Waals surface area contributed by atoms with E-state index in [-0.39, 0.29) is 0 Å². The Morgan fingerprint density at radius 3 is 2.55 bits per heavy atom. The fraction of sp³-hybridized carbons (Fsp3) is 0.600. The van der Waals surface area contributed by atoms with E-state index in [0.717, 1.165) is 12.1 Å². The quantitative estimate of drug-likeness (QED) is 0.891. The van der Waals surface area contributed by atoms with Gasteiger partial charge in [-0.2, -0.15) is 0 Å². The highest BCUT2D eigenvalue weighted by Gasteiger charge is 2.19. The van der Waals surface area contributed by atoms with Crippen LogP contribution in [0.5, 0.6) is 0 Å². The summed E-state index contributed by atoms with van der Waals surface area (Å²) in [6.45, 7) is 0.863. The minimum absolute atomic E-state index is 0.386. The van der Waals surface area contributed by atoms with E-state index in [4.69, 9.17) is 0 Å². The highest BCUT2D eigenvalue weighted by atomic mass is 32.2. The number of quaternary nitrogens is 1. The molecule has 1 aliphatic rings. The molecule has 20 heavy (non-hydrogen) atoms. The molecule has 0 heterocycles. The molecule has 0 atom stereocenters. The molecule has 2 N–H and O–H groups in total. The van der Waals surface area contributed by atoms with Crippen molar-refractivity contribution in [3.63, 3.8) is 0 Å². The lowest BCUT2D eigenvalue weighted by Gasteiger charge is -2.20. The Balaban J connectivity index is 2.02. The molecule has 0 aromatic heterocycles. The third-order valence-electron chi connectivity index (χ3n) is 4.01. The van der Waals surface area contributed by atoms with Gasteiger partial charge < -0.3 is 5.32 Å². The molecule has 4 nitrogen and oxygen atoms in total. The maximum absolute atomic E-state index is 12.1. The molecule has 112 valence electrons. The van der Waals surface area contributed by atoms with Gasteiger partial charge in [0.25, 0.3) is 0 Å². The van der Waals surface area contributed by atoms with E-state index in [1.165, 1.54) is 36.4 Å². The molecule has 2 rings (SSSR count). The number of nitrogens with zero attached hydrogens (tertiary/aromatic N) is 1. The van der Waals surface area contributed by atoms with Crippen molar-refractivity contribution in [3.05, 3.63) is 29.8 Å². The van der Waals surface area contributed by atoms with Crippen LogP contribution in [0.2, 0.25) is 0 Å². The van der Waals surface area contributed by atoms with Crippen molar-refractivity contribution in [1.82, 2.24) is 4.31 Å². The van der Waals surface area contributed by atoms with Crippen LogP contribution in [0, 0.1) is 0 Å². The number of hydrogen-bond donors (Lipinski definition) is 1. The van der Waals surface area contributed by atoms with Crippen LogP contribution in [0.4, 0.5) is 0 Å². The van der Waals surface area contributed by atoms with Crippen LogP contribution in [0.1, 0.15) is 37.7 Å². The molecule has 1 fully saturated rings. The second kappa shape index (κ2) is 6.70. The standard InChI is InChI=1S/C15H24N2O2S/c1-17(2)20(18,19)15-10-6-7-13(11-15)12-16-14-8-4-3-5-9-14/h6-7,10-11,14,16H,3-5,8-9,12H2,1-2H3/p+1. The van der Waals surface area contributed by atoms with E-state index in [9.17, 15) is 8.42 Å². The van der Waals surface area contributed by atoms with Crippen molar-refractivity contribution in [1.29, 1.82) is 0 Å². The molecule has 0 bridgehead atoms. The predicted octanol–water partition coefficient (Wildman–Crippen LogP) is 1.33. The van der Waals surface area contributed by atoms with Crippen molar-refractivity contribution in [3.8, 4) is 0 Å². The maximum atomic E-state index is 12.1. The molecule has 0 spiro atoms. The number of benzene rings is 1. The lowest BCUT2D eigenvalue weighted by Crippen LogP contribution is -2.88. The molecule has 1 aromatic carbocycles. The van der Waals surface area contributed by atoms with E-state index >= 15 is 0 Å². The first-order chi connectivity index (χ1) is 9.50. The Labute approximate surface area is 122 Å². The normalized spacial score (nSPS) is 17.6. The second-order valence-electron chi connectivity index (χ2n) is 5.77. The van der Waals surface area contributed by atoms with Crippen LogP contribution >= 0.6 is 0 Å². The predicted molar refractivity (Wildman–Crippen MR) is 79.8 cm³/mol. The van der Waals surface area contributed by atoms with Gasteiger partial charge in [0, 0.05) is 19.7 Å². The lowest BCUT2D eigenvalue weighted by molar-refractivity contribution is -0.706. The molecule has 0 amide bonds. The third-order valence-corrected chi connectivity index (χ3v) is 5.82. The summed E-state index contributed by atoms with van der Waals surface area (Å²) in [5.41, 5.74) is 1.08. The summed E-state index contributed by atoms with van der Waals surface area (Å²) < 4.78 is 25.5. The van der Waals surface area contributed by atoms with E-state index < -0.39 is 10.0 Å². The highest BCUT2D eigenvalue weighted by molar-refractivity contribution is 7.89. The number of rotatable bonds is 5. The first kappa shape index (κ1) is 15.5. The fourth-order valence-corrected chi connectivity index (χ4v) is 3.69. The zero-order valence-corrected chi connectivity index (χ0v) is 13.2. The van der Waals surface area contributed by atoms with Crippen LogP contribution in [-0.4, -0.2) is 32.9 Å². The molecular weight excluding hydrogens is 272 g/mol. The van der Waals surface area contributed by atoms with Crippen LogP contribution in [-0.2, 0) is 16.6 Å². The van der Waals surface area contributed by atoms with Gasteiger partial charge in [0.2, 0.25) is 10.0 Å². The zero-order valence-electron chi connectivity index (χ0n) is 12.4. The van der Waals surface area contributed by atoms with Gasteiger partial charge in [-0.1, -0.05) is 18.6 Å². The Hall–Kier alpha value is -0.910. The van der Waals surface area contributed by atoms with Crippen LogP contribution < -0.4 is 5.32 Å². The summed E-state index contributed by atoms with van der Waals surface area (Å²) in [6, 6.07) is 8.01. The number of hydrogen-bond acceptors (Lipinski definition) is 2. The van der Waals surface area contributed by atoms with Gasteiger partial charge in [0.1, 0.15) is 6.54 Å². The van der Waals surface area contributed by atoms with Crippen molar-refractivity contribution in [2.45, 2.75) is 49.6 Å². The summed E-state index contributed by atoms with van der Waals surface area (Å²) in [6.07, 6.45) is 6.60. The first-order valence-electron chi connectivity index (χ1n) is 7.35. The smallest absolute Gasteiger partial charge is 0.242 e. The van der Waals surface area contributed by atoms with Gasteiger partial charge in [0.05, 0.1) is 10.9 Å². The van der Waals surface area contributed by atoms with Gasteiger partial charge >= 0.3 is 0 Å². The summed E-state index contributed by atoms with van der Waals surface area (Å²) in [5, 5.41) is 2.36. The first-order valence-corrected chi connectivity index (χ1v) is 8.79. The average molecular weight is 297 g/mol. The molecule has 0 radical (unpaired) electrons. The van der Waals surface area contributed by atoms with Crippen LogP contribution in [0.3, 0.4) is 0 Å². The van der Waals surface area contributed by atoms with Gasteiger partial charge in [0.15, 0.2) is 0 Å². The SMILES string of the molecule is CN(C)S(=O)(=O)c1cccc(C[NH2+]C2CCCCC2)c1. The molecule has 1 aliphatic carbocycles. The van der Waals surface area contributed by atoms with Gasteiger partial charge in [-0.05, 0) is 37.8 Å². The van der Waals surface area contributed by atoms with Gasteiger partial charge in [-0.3, -0.25) is 0 Å². The Kier molecular flexibility index (Phi) is 5.18. The summed E-state index contributed by atoms with van der Waals surface area (Å²) in [4.78, 5) is 0.386. The molecule has 1 saturated carbocycles. The molecule has 1 aromatic rings. The third kappa shape index (κ3) is 3.81. The second-order valence-corrected chi connectivity index (χ2v) is 7.92.